The molecule has 32 heavy (non-hydrogen) atoms. The van der Waals surface area contributed by atoms with Gasteiger partial charge in [-0.25, -0.2) is 13.1 Å². The summed E-state index contributed by atoms with van der Waals surface area (Å²) in [6.07, 6.45) is 1.99. The topological polar surface area (TPSA) is 103 Å². The minimum absolute atomic E-state index is 0.190. The van der Waals surface area contributed by atoms with Crippen molar-refractivity contribution >= 4 is 27.6 Å². The van der Waals surface area contributed by atoms with Crippen LogP contribution in [0.1, 0.15) is 12.0 Å². The van der Waals surface area contributed by atoms with E-state index in [1.165, 1.54) is 11.8 Å². The number of methoxy groups -OCH3 is 1. The highest BCUT2D eigenvalue weighted by Crippen LogP contribution is 2.33. The molecule has 1 aromatic heterocycles. The highest BCUT2D eigenvalue weighted by atomic mass is 32.2. The van der Waals surface area contributed by atoms with Gasteiger partial charge in [0.15, 0.2) is 0 Å². The SMILES string of the molecule is COc1ccc(CSC2CC(Cn3nnc(-c4ccccc4)c3N)N(S(C)(=O)=O)C2)cc1. The molecule has 1 saturated heterocycles. The third kappa shape index (κ3) is 5.08. The Balaban J connectivity index is 1.46. The van der Waals surface area contributed by atoms with Crippen LogP contribution in [-0.2, 0) is 22.3 Å². The highest BCUT2D eigenvalue weighted by molar-refractivity contribution is 7.99. The summed E-state index contributed by atoms with van der Waals surface area (Å²) in [5.74, 6) is 2.07. The van der Waals surface area contributed by atoms with Gasteiger partial charge in [-0.3, -0.25) is 0 Å². The zero-order valence-electron chi connectivity index (χ0n) is 18.1. The molecule has 1 aliphatic heterocycles. The molecule has 0 amide bonds. The van der Waals surface area contributed by atoms with E-state index in [0.29, 0.717) is 24.6 Å². The molecule has 170 valence electrons. The monoisotopic (exact) mass is 473 g/mol. The molecule has 4 rings (SSSR count). The third-order valence-electron chi connectivity index (χ3n) is 5.60. The van der Waals surface area contributed by atoms with E-state index in [9.17, 15) is 8.42 Å². The molecular weight excluding hydrogens is 446 g/mol. The molecule has 2 unspecified atom stereocenters. The number of hydrogen-bond acceptors (Lipinski definition) is 7. The number of nitrogens with two attached hydrogens (primary N) is 1. The van der Waals surface area contributed by atoms with E-state index in [-0.39, 0.29) is 11.3 Å². The average molecular weight is 474 g/mol. The molecule has 0 saturated carbocycles. The van der Waals surface area contributed by atoms with Crippen LogP contribution >= 0.6 is 11.8 Å². The molecule has 8 nitrogen and oxygen atoms in total. The summed E-state index contributed by atoms with van der Waals surface area (Å²) in [6.45, 7) is 0.850. The lowest BCUT2D eigenvalue weighted by molar-refractivity contribution is 0.342. The number of anilines is 1. The number of ether oxygens (including phenoxy) is 1. The van der Waals surface area contributed by atoms with Crippen LogP contribution in [0.2, 0.25) is 0 Å². The second-order valence-corrected chi connectivity index (χ2v) is 11.1. The molecular formula is C22H27N5O3S2. The minimum atomic E-state index is -3.35. The second kappa shape index (κ2) is 9.51. The fourth-order valence-electron chi connectivity index (χ4n) is 3.93. The van der Waals surface area contributed by atoms with Crippen LogP contribution < -0.4 is 10.5 Å². The molecule has 1 fully saturated rings. The number of aromatic nitrogens is 3. The van der Waals surface area contributed by atoms with Crippen molar-refractivity contribution in [3.8, 4) is 17.0 Å². The molecule has 10 heteroatoms. The lowest BCUT2D eigenvalue weighted by atomic mass is 10.1. The van der Waals surface area contributed by atoms with Gasteiger partial charge < -0.3 is 10.5 Å². The van der Waals surface area contributed by atoms with E-state index in [1.807, 2.05) is 54.6 Å². The van der Waals surface area contributed by atoms with Crippen LogP contribution in [0.3, 0.4) is 0 Å². The lowest BCUT2D eigenvalue weighted by Gasteiger charge is -2.21. The van der Waals surface area contributed by atoms with Crippen LogP contribution in [0.4, 0.5) is 5.82 Å². The van der Waals surface area contributed by atoms with Crippen molar-refractivity contribution in [1.29, 1.82) is 0 Å². The molecule has 0 radical (unpaired) electrons. The van der Waals surface area contributed by atoms with E-state index < -0.39 is 10.0 Å². The van der Waals surface area contributed by atoms with Crippen molar-refractivity contribution in [3.63, 3.8) is 0 Å². The minimum Gasteiger partial charge on any atom is -0.497 e. The number of rotatable bonds is 8. The quantitative estimate of drug-likeness (QED) is 0.536. The lowest BCUT2D eigenvalue weighted by Crippen LogP contribution is -2.37. The Morgan fingerprint density at radius 2 is 1.88 bits per heavy atom. The van der Waals surface area contributed by atoms with E-state index in [4.69, 9.17) is 10.5 Å². The Kier molecular flexibility index (Phi) is 6.73. The van der Waals surface area contributed by atoms with E-state index in [1.54, 1.807) is 27.9 Å². The zero-order valence-corrected chi connectivity index (χ0v) is 19.7. The Morgan fingerprint density at radius 1 is 1.16 bits per heavy atom. The Bertz CT molecular complexity index is 1150. The van der Waals surface area contributed by atoms with E-state index >= 15 is 0 Å². The van der Waals surface area contributed by atoms with Gasteiger partial charge in [0.1, 0.15) is 17.3 Å². The molecule has 2 N–H and O–H groups in total. The standard InChI is InChI=1S/C22H27N5O3S2/c1-30-19-10-8-16(9-11-19)15-31-20-12-18(27(14-20)32(2,28)29)13-26-22(23)21(24-25-26)17-6-4-3-5-7-17/h3-11,18,20H,12-15,23H2,1-2H3. The smallest absolute Gasteiger partial charge is 0.211 e. The first-order valence-electron chi connectivity index (χ1n) is 10.3. The van der Waals surface area contributed by atoms with Crippen LogP contribution in [0.15, 0.2) is 54.6 Å². The van der Waals surface area contributed by atoms with Gasteiger partial charge in [0.2, 0.25) is 10.0 Å². The maximum atomic E-state index is 12.5. The predicted octanol–water partition coefficient (Wildman–Crippen LogP) is 2.87. The molecule has 2 heterocycles. The molecule has 1 aliphatic rings. The molecule has 0 spiro atoms. The number of hydrogen-bond donors (Lipinski definition) is 1. The summed E-state index contributed by atoms with van der Waals surface area (Å²) in [6, 6.07) is 17.3. The van der Waals surface area contributed by atoms with Crippen LogP contribution in [0, 0.1) is 0 Å². The first-order valence-corrected chi connectivity index (χ1v) is 13.2. The van der Waals surface area contributed by atoms with Gasteiger partial charge in [-0.1, -0.05) is 47.7 Å². The number of nitrogens with zero attached hydrogens (tertiary/aromatic N) is 4. The average Bonchev–Trinajstić information content (AvgIpc) is 3.37. The molecule has 0 bridgehead atoms. The number of benzene rings is 2. The maximum Gasteiger partial charge on any atom is 0.211 e. The van der Waals surface area contributed by atoms with Crippen molar-refractivity contribution in [2.75, 3.05) is 25.6 Å². The fourth-order valence-corrected chi connectivity index (χ4v) is 6.41. The first kappa shape index (κ1) is 22.6. The van der Waals surface area contributed by atoms with Crippen molar-refractivity contribution in [1.82, 2.24) is 19.3 Å². The van der Waals surface area contributed by atoms with E-state index in [0.717, 1.165) is 23.5 Å². The summed E-state index contributed by atoms with van der Waals surface area (Å²) in [5.41, 5.74) is 8.99. The molecule has 0 aliphatic carbocycles. The summed E-state index contributed by atoms with van der Waals surface area (Å²) in [5, 5.41) is 8.63. The number of thioether (sulfide) groups is 1. The summed E-state index contributed by atoms with van der Waals surface area (Å²) < 4.78 is 33.3. The Labute approximate surface area is 192 Å². The first-order chi connectivity index (χ1) is 15.3. The Morgan fingerprint density at radius 3 is 2.53 bits per heavy atom. The highest BCUT2D eigenvalue weighted by Gasteiger charge is 2.38. The van der Waals surface area contributed by atoms with Gasteiger partial charge in [0.05, 0.1) is 19.9 Å². The van der Waals surface area contributed by atoms with Crippen molar-refractivity contribution in [2.24, 2.45) is 0 Å². The van der Waals surface area contributed by atoms with Crippen molar-refractivity contribution < 1.29 is 13.2 Å². The van der Waals surface area contributed by atoms with Crippen molar-refractivity contribution in [2.45, 2.75) is 30.0 Å². The summed E-state index contributed by atoms with van der Waals surface area (Å²) in [4.78, 5) is 0. The van der Waals surface area contributed by atoms with Crippen LogP contribution in [-0.4, -0.2) is 58.9 Å². The van der Waals surface area contributed by atoms with E-state index in [2.05, 4.69) is 10.3 Å². The van der Waals surface area contributed by atoms with Gasteiger partial charge in [0, 0.05) is 29.2 Å². The largest absolute Gasteiger partial charge is 0.497 e. The predicted molar refractivity (Wildman–Crippen MR) is 128 cm³/mol. The molecule has 3 aromatic rings. The van der Waals surface area contributed by atoms with Gasteiger partial charge in [-0.15, -0.1) is 5.10 Å². The summed E-state index contributed by atoms with van der Waals surface area (Å²) >= 11 is 1.77. The fraction of sp³-hybridized carbons (Fsp3) is 0.364. The van der Waals surface area contributed by atoms with Gasteiger partial charge in [-0.2, -0.15) is 16.1 Å². The van der Waals surface area contributed by atoms with Crippen LogP contribution in [0.5, 0.6) is 5.75 Å². The van der Waals surface area contributed by atoms with Gasteiger partial charge >= 0.3 is 0 Å². The zero-order chi connectivity index (χ0) is 22.7. The number of sulfonamides is 1. The normalized spacial score (nSPS) is 19.3. The van der Waals surface area contributed by atoms with Gasteiger partial charge in [-0.05, 0) is 24.1 Å². The molecule has 2 atom stereocenters. The Hall–Kier alpha value is -2.56. The second-order valence-electron chi connectivity index (χ2n) is 7.87. The maximum absolute atomic E-state index is 12.5. The van der Waals surface area contributed by atoms with Gasteiger partial charge in [0.25, 0.3) is 0 Å². The number of nitrogen functional groups attached to an aromatic ring is 1. The van der Waals surface area contributed by atoms with Crippen molar-refractivity contribution in [3.05, 3.63) is 60.2 Å². The third-order valence-corrected chi connectivity index (χ3v) is 8.21. The summed E-state index contributed by atoms with van der Waals surface area (Å²) in [7, 11) is -1.71. The van der Waals surface area contributed by atoms with Crippen LogP contribution in [0.25, 0.3) is 11.3 Å². The molecule has 2 aromatic carbocycles.